The maximum absolute atomic E-state index is 12.8. The van der Waals surface area contributed by atoms with E-state index in [1.807, 2.05) is 31.2 Å². The molecule has 8 heteroatoms. The van der Waals surface area contributed by atoms with Gasteiger partial charge in [-0.1, -0.05) is 36.4 Å². The summed E-state index contributed by atoms with van der Waals surface area (Å²) in [5.41, 5.74) is 3.31. The fourth-order valence-electron chi connectivity index (χ4n) is 5.57. The van der Waals surface area contributed by atoms with Gasteiger partial charge in [-0.3, -0.25) is 24.3 Å². The van der Waals surface area contributed by atoms with Crippen LogP contribution in [0.25, 0.3) is 0 Å². The zero-order valence-electron chi connectivity index (χ0n) is 22.4. The van der Waals surface area contributed by atoms with Crippen LogP contribution in [0.4, 0.5) is 0 Å². The molecule has 2 aromatic rings. The lowest BCUT2D eigenvalue weighted by atomic mass is 9.83. The van der Waals surface area contributed by atoms with E-state index in [2.05, 4.69) is 14.8 Å². The zero-order chi connectivity index (χ0) is 27.5. The molecule has 0 amide bonds. The number of nitrogens with zero attached hydrogens (tertiary/aromatic N) is 3. The van der Waals surface area contributed by atoms with Crippen molar-refractivity contribution in [3.63, 3.8) is 0 Å². The summed E-state index contributed by atoms with van der Waals surface area (Å²) >= 11 is 0. The molecule has 5 rings (SSSR count). The van der Waals surface area contributed by atoms with Crippen LogP contribution in [0.3, 0.4) is 0 Å². The number of benzene rings is 2. The minimum Gasteiger partial charge on any atom is -0.511 e. The number of allylic oxidation sites excluding steroid dienone is 4. The molecule has 2 aromatic carbocycles. The van der Waals surface area contributed by atoms with Crippen LogP contribution in [0.2, 0.25) is 0 Å². The molecule has 1 aliphatic heterocycles. The normalized spacial score (nSPS) is 20.3. The third-order valence-corrected chi connectivity index (χ3v) is 7.91. The monoisotopic (exact) mass is 527 g/mol. The van der Waals surface area contributed by atoms with Gasteiger partial charge < -0.3 is 14.7 Å². The second kappa shape index (κ2) is 11.4. The van der Waals surface area contributed by atoms with Gasteiger partial charge in [0, 0.05) is 68.6 Å². The summed E-state index contributed by atoms with van der Waals surface area (Å²) in [5.74, 6) is 0.320. The SMILES string of the molecule is COc1ccc(C2CC(=O)C(C=NCCN3CCN(C(C)=C4C(=O)c5ccccc5C4=O)CC3)=C(O)C2)cc1. The average Bonchev–Trinajstić information content (AvgIpc) is 3.21. The molecule has 8 nitrogen and oxygen atoms in total. The molecule has 0 radical (unpaired) electrons. The lowest BCUT2D eigenvalue weighted by molar-refractivity contribution is -0.116. The lowest BCUT2D eigenvalue weighted by Gasteiger charge is -2.36. The zero-order valence-corrected chi connectivity index (χ0v) is 22.4. The first kappa shape index (κ1) is 26.6. The molecular formula is C31H33N3O5. The molecule has 202 valence electrons. The van der Waals surface area contributed by atoms with Gasteiger partial charge in [-0.2, -0.15) is 0 Å². The van der Waals surface area contributed by atoms with Gasteiger partial charge in [0.15, 0.2) is 17.3 Å². The maximum Gasteiger partial charge on any atom is 0.199 e. The standard InChI is InChI=1S/C31H33N3O5/c1-20(29-30(37)24-5-3-4-6-25(24)31(29)38)34-15-13-33(14-16-34)12-11-32-19-26-27(35)17-22(18-28(26)36)21-7-9-23(39-2)10-8-21/h3-10,19,22,35H,11-18H2,1-2H3. The number of carbonyl (C=O) groups excluding carboxylic acids is 3. The number of carbonyl (C=O) groups is 3. The first-order valence-corrected chi connectivity index (χ1v) is 13.3. The fraction of sp³-hybridized carbons (Fsp3) is 0.355. The van der Waals surface area contributed by atoms with Gasteiger partial charge in [0.2, 0.25) is 0 Å². The molecule has 1 fully saturated rings. The summed E-state index contributed by atoms with van der Waals surface area (Å²) in [4.78, 5) is 47.2. The Morgan fingerprint density at radius 1 is 0.974 bits per heavy atom. The number of aliphatic imine (C=N–C) groups is 1. The van der Waals surface area contributed by atoms with Crippen molar-refractivity contribution in [3.05, 3.63) is 87.8 Å². The number of ether oxygens (including phenoxy) is 1. The highest BCUT2D eigenvalue weighted by Gasteiger charge is 2.36. The van der Waals surface area contributed by atoms with Crippen LogP contribution >= 0.6 is 0 Å². The second-order valence-electron chi connectivity index (χ2n) is 10.2. The highest BCUT2D eigenvalue weighted by Crippen LogP contribution is 2.34. The Kier molecular flexibility index (Phi) is 7.74. The van der Waals surface area contributed by atoms with E-state index in [0.29, 0.717) is 49.2 Å². The molecule has 1 atom stereocenters. The van der Waals surface area contributed by atoms with E-state index < -0.39 is 0 Å². The molecule has 0 saturated carbocycles. The van der Waals surface area contributed by atoms with Crippen LogP contribution in [-0.2, 0) is 4.79 Å². The number of ketones is 3. The average molecular weight is 528 g/mol. The van der Waals surface area contributed by atoms with Gasteiger partial charge >= 0.3 is 0 Å². The molecule has 0 aromatic heterocycles. The number of rotatable bonds is 7. The lowest BCUT2D eigenvalue weighted by Crippen LogP contribution is -2.46. The number of Topliss-reactive ketones (excluding diaryl/α,β-unsaturated/α-hetero) is 3. The Balaban J connectivity index is 1.12. The summed E-state index contributed by atoms with van der Waals surface area (Å²) in [5, 5.41) is 10.6. The highest BCUT2D eigenvalue weighted by atomic mass is 16.5. The van der Waals surface area contributed by atoms with Crippen LogP contribution < -0.4 is 4.74 Å². The number of hydrogen-bond acceptors (Lipinski definition) is 8. The van der Waals surface area contributed by atoms with Gasteiger partial charge in [0.25, 0.3) is 0 Å². The number of methoxy groups -OCH3 is 1. The van der Waals surface area contributed by atoms with Crippen molar-refractivity contribution in [1.82, 2.24) is 9.80 Å². The van der Waals surface area contributed by atoms with E-state index in [4.69, 9.17) is 4.74 Å². The molecule has 3 aliphatic rings. The fourth-order valence-corrected chi connectivity index (χ4v) is 5.57. The number of fused-ring (bicyclic) bond motifs is 1. The summed E-state index contributed by atoms with van der Waals surface area (Å²) in [6.07, 6.45) is 2.26. The summed E-state index contributed by atoms with van der Waals surface area (Å²) in [6, 6.07) is 14.6. The Morgan fingerprint density at radius 3 is 2.21 bits per heavy atom. The summed E-state index contributed by atoms with van der Waals surface area (Å²) in [6.45, 7) is 6.09. The number of aliphatic hydroxyl groups is 1. The molecule has 0 bridgehead atoms. The molecule has 1 unspecified atom stereocenters. The number of piperazine rings is 1. The molecule has 1 heterocycles. The van der Waals surface area contributed by atoms with Crippen LogP contribution in [0.5, 0.6) is 5.75 Å². The predicted molar refractivity (Wildman–Crippen MR) is 149 cm³/mol. The number of aliphatic hydroxyl groups excluding tert-OH is 1. The van der Waals surface area contributed by atoms with E-state index >= 15 is 0 Å². The molecule has 39 heavy (non-hydrogen) atoms. The van der Waals surface area contributed by atoms with Crippen molar-refractivity contribution in [2.24, 2.45) is 4.99 Å². The Morgan fingerprint density at radius 2 is 1.62 bits per heavy atom. The quantitative estimate of drug-likeness (QED) is 0.330. The summed E-state index contributed by atoms with van der Waals surface area (Å²) < 4.78 is 5.19. The van der Waals surface area contributed by atoms with E-state index in [1.165, 1.54) is 6.21 Å². The van der Waals surface area contributed by atoms with Gasteiger partial charge in [-0.25, -0.2) is 0 Å². The molecular weight excluding hydrogens is 494 g/mol. The Hall–Kier alpha value is -4.04. The van der Waals surface area contributed by atoms with Crippen molar-refractivity contribution in [1.29, 1.82) is 0 Å². The highest BCUT2D eigenvalue weighted by molar-refractivity contribution is 6.39. The molecule has 2 aliphatic carbocycles. The van der Waals surface area contributed by atoms with E-state index in [9.17, 15) is 19.5 Å². The minimum atomic E-state index is -0.185. The Bertz CT molecular complexity index is 1340. The largest absolute Gasteiger partial charge is 0.511 e. The van der Waals surface area contributed by atoms with Crippen LogP contribution in [0.15, 0.2) is 76.1 Å². The van der Waals surface area contributed by atoms with Gasteiger partial charge in [0.05, 0.1) is 24.8 Å². The topological polar surface area (TPSA) is 99.5 Å². The van der Waals surface area contributed by atoms with E-state index in [0.717, 1.165) is 36.6 Å². The third kappa shape index (κ3) is 5.43. The van der Waals surface area contributed by atoms with E-state index in [-0.39, 0.29) is 34.6 Å². The second-order valence-corrected chi connectivity index (χ2v) is 10.2. The van der Waals surface area contributed by atoms with Crippen molar-refractivity contribution < 1.29 is 24.2 Å². The maximum atomic E-state index is 12.8. The van der Waals surface area contributed by atoms with Crippen molar-refractivity contribution in [2.75, 3.05) is 46.4 Å². The third-order valence-electron chi connectivity index (χ3n) is 7.91. The van der Waals surface area contributed by atoms with Crippen LogP contribution in [0.1, 0.15) is 52.0 Å². The van der Waals surface area contributed by atoms with Crippen molar-refractivity contribution in [3.8, 4) is 5.75 Å². The van der Waals surface area contributed by atoms with Gasteiger partial charge in [-0.05, 0) is 30.5 Å². The predicted octanol–water partition coefficient (Wildman–Crippen LogP) is 4.00. The van der Waals surface area contributed by atoms with Gasteiger partial charge in [0.1, 0.15) is 11.5 Å². The van der Waals surface area contributed by atoms with Crippen molar-refractivity contribution >= 4 is 23.6 Å². The van der Waals surface area contributed by atoms with Crippen LogP contribution in [0, 0.1) is 0 Å². The first-order chi connectivity index (χ1) is 18.9. The molecule has 0 spiro atoms. The molecule has 1 saturated heterocycles. The summed E-state index contributed by atoms with van der Waals surface area (Å²) in [7, 11) is 1.61. The van der Waals surface area contributed by atoms with Crippen LogP contribution in [-0.4, -0.2) is 84.8 Å². The van der Waals surface area contributed by atoms with Crippen molar-refractivity contribution in [2.45, 2.75) is 25.7 Å². The first-order valence-electron chi connectivity index (χ1n) is 13.3. The van der Waals surface area contributed by atoms with Gasteiger partial charge in [-0.15, -0.1) is 0 Å². The van der Waals surface area contributed by atoms with E-state index in [1.54, 1.807) is 31.4 Å². The number of hydrogen-bond donors (Lipinski definition) is 1. The molecule has 1 N–H and O–H groups in total. The minimum absolute atomic E-state index is 0.0562. The Labute approximate surface area is 228 Å². The smallest absolute Gasteiger partial charge is 0.199 e.